The summed E-state index contributed by atoms with van der Waals surface area (Å²) in [5, 5.41) is 8.46. The number of hydrogen-bond donors (Lipinski definition) is 0. The predicted octanol–water partition coefficient (Wildman–Crippen LogP) is 2.50. The molecular formula is C10H12BrN3. The van der Waals surface area contributed by atoms with Crippen LogP contribution >= 0.6 is 15.9 Å². The van der Waals surface area contributed by atoms with E-state index in [0.717, 1.165) is 15.9 Å². The van der Waals surface area contributed by atoms with Gasteiger partial charge in [-0.05, 0) is 34.5 Å². The number of nitriles is 1. The highest BCUT2D eigenvalue weighted by molar-refractivity contribution is 9.10. The molecular weight excluding hydrogens is 242 g/mol. The van der Waals surface area contributed by atoms with E-state index in [0.29, 0.717) is 13.0 Å². The number of aryl methyl sites for hydroxylation is 1. The zero-order valence-electron chi connectivity index (χ0n) is 8.29. The lowest BCUT2D eigenvalue weighted by Crippen LogP contribution is -2.19. The minimum absolute atomic E-state index is 0.521. The van der Waals surface area contributed by atoms with Crippen molar-refractivity contribution in [2.75, 3.05) is 18.5 Å². The summed E-state index contributed by atoms with van der Waals surface area (Å²) in [6.07, 6.45) is 2.31. The predicted molar refractivity (Wildman–Crippen MR) is 60.2 cm³/mol. The Labute approximate surface area is 92.5 Å². The van der Waals surface area contributed by atoms with Gasteiger partial charge < -0.3 is 4.90 Å². The van der Waals surface area contributed by atoms with Gasteiger partial charge in [-0.25, -0.2) is 4.98 Å². The van der Waals surface area contributed by atoms with Gasteiger partial charge in [-0.1, -0.05) is 0 Å². The molecule has 0 N–H and O–H groups in total. The summed E-state index contributed by atoms with van der Waals surface area (Å²) in [6, 6.07) is 4.12. The Bertz CT molecular complexity index is 357. The van der Waals surface area contributed by atoms with E-state index < -0.39 is 0 Å². The average Bonchev–Trinajstić information content (AvgIpc) is 2.18. The van der Waals surface area contributed by atoms with Crippen LogP contribution in [0.25, 0.3) is 0 Å². The summed E-state index contributed by atoms with van der Waals surface area (Å²) in [4.78, 5) is 6.24. The van der Waals surface area contributed by atoms with Gasteiger partial charge in [0.15, 0.2) is 0 Å². The van der Waals surface area contributed by atoms with Crippen LogP contribution < -0.4 is 4.90 Å². The van der Waals surface area contributed by atoms with Crippen molar-refractivity contribution in [2.45, 2.75) is 13.3 Å². The lowest BCUT2D eigenvalue weighted by Gasteiger charge is -2.16. The smallest absolute Gasteiger partial charge is 0.128 e. The van der Waals surface area contributed by atoms with E-state index >= 15 is 0 Å². The minimum Gasteiger partial charge on any atom is -0.359 e. The molecule has 0 spiro atoms. The number of pyridine rings is 1. The number of anilines is 1. The highest BCUT2D eigenvalue weighted by atomic mass is 79.9. The normalized spacial score (nSPS) is 9.57. The summed E-state index contributed by atoms with van der Waals surface area (Å²) in [6.45, 7) is 2.73. The standard InChI is InChI=1S/C10H12BrN3/c1-8-6-10(13-7-9(8)11)14(2)5-3-4-12/h6-7H,3,5H2,1-2H3. The first-order valence-electron chi connectivity index (χ1n) is 4.35. The van der Waals surface area contributed by atoms with Crippen molar-refractivity contribution in [3.8, 4) is 6.07 Å². The van der Waals surface area contributed by atoms with Crippen LogP contribution in [0, 0.1) is 18.3 Å². The van der Waals surface area contributed by atoms with E-state index in [9.17, 15) is 0 Å². The summed E-state index contributed by atoms with van der Waals surface area (Å²) in [5.41, 5.74) is 1.15. The second kappa shape index (κ2) is 4.97. The molecule has 0 unspecified atom stereocenters. The van der Waals surface area contributed by atoms with Gasteiger partial charge in [0.1, 0.15) is 5.82 Å². The number of hydrogen-bond acceptors (Lipinski definition) is 3. The Morgan fingerprint density at radius 3 is 2.93 bits per heavy atom. The molecule has 14 heavy (non-hydrogen) atoms. The second-order valence-corrected chi connectivity index (χ2v) is 3.98. The fraction of sp³-hybridized carbons (Fsp3) is 0.400. The molecule has 0 aliphatic heterocycles. The van der Waals surface area contributed by atoms with Crippen LogP contribution in [0.5, 0.6) is 0 Å². The third kappa shape index (κ3) is 2.71. The molecule has 74 valence electrons. The van der Waals surface area contributed by atoms with E-state index in [4.69, 9.17) is 5.26 Å². The molecule has 0 fully saturated rings. The first-order chi connectivity index (χ1) is 6.65. The maximum atomic E-state index is 8.46. The summed E-state index contributed by atoms with van der Waals surface area (Å²) >= 11 is 3.40. The van der Waals surface area contributed by atoms with Gasteiger partial charge in [-0.3, -0.25) is 0 Å². The summed E-state index contributed by atoms with van der Waals surface area (Å²) < 4.78 is 1.01. The van der Waals surface area contributed by atoms with Crippen molar-refractivity contribution in [3.05, 3.63) is 22.3 Å². The monoisotopic (exact) mass is 253 g/mol. The molecule has 0 saturated heterocycles. The topological polar surface area (TPSA) is 39.9 Å². The molecule has 0 aromatic carbocycles. The van der Waals surface area contributed by atoms with Crippen LogP contribution in [-0.4, -0.2) is 18.6 Å². The quantitative estimate of drug-likeness (QED) is 0.831. The van der Waals surface area contributed by atoms with Crippen molar-refractivity contribution >= 4 is 21.7 Å². The van der Waals surface area contributed by atoms with Gasteiger partial charge in [-0.2, -0.15) is 5.26 Å². The first kappa shape index (κ1) is 11.0. The maximum absolute atomic E-state index is 8.46. The van der Waals surface area contributed by atoms with Crippen LogP contribution in [0.2, 0.25) is 0 Å². The van der Waals surface area contributed by atoms with Crippen molar-refractivity contribution in [1.29, 1.82) is 5.26 Å². The van der Waals surface area contributed by atoms with E-state index in [1.165, 1.54) is 0 Å². The Hall–Kier alpha value is -1.08. The molecule has 1 heterocycles. The molecule has 0 amide bonds. The Morgan fingerprint density at radius 2 is 2.36 bits per heavy atom. The minimum atomic E-state index is 0.521. The first-order valence-corrected chi connectivity index (χ1v) is 5.14. The number of halogens is 1. The van der Waals surface area contributed by atoms with Gasteiger partial charge in [-0.15, -0.1) is 0 Å². The van der Waals surface area contributed by atoms with Crippen molar-refractivity contribution in [2.24, 2.45) is 0 Å². The van der Waals surface area contributed by atoms with Gasteiger partial charge in [0.25, 0.3) is 0 Å². The number of nitrogens with zero attached hydrogens (tertiary/aromatic N) is 3. The van der Waals surface area contributed by atoms with Crippen molar-refractivity contribution in [1.82, 2.24) is 4.98 Å². The Kier molecular flexibility index (Phi) is 3.90. The second-order valence-electron chi connectivity index (χ2n) is 3.12. The summed E-state index contributed by atoms with van der Waals surface area (Å²) in [7, 11) is 1.94. The zero-order chi connectivity index (χ0) is 10.6. The highest BCUT2D eigenvalue weighted by Gasteiger charge is 2.03. The SMILES string of the molecule is Cc1cc(N(C)CCC#N)ncc1Br. The van der Waals surface area contributed by atoms with Crippen LogP contribution in [0.1, 0.15) is 12.0 Å². The largest absolute Gasteiger partial charge is 0.359 e. The van der Waals surface area contributed by atoms with Crippen molar-refractivity contribution < 1.29 is 0 Å². The summed E-state index contributed by atoms with van der Waals surface area (Å²) in [5.74, 6) is 0.904. The molecule has 4 heteroatoms. The van der Waals surface area contributed by atoms with Gasteiger partial charge in [0.05, 0.1) is 12.5 Å². The fourth-order valence-corrected chi connectivity index (χ4v) is 1.28. The average molecular weight is 254 g/mol. The molecule has 0 saturated carbocycles. The lowest BCUT2D eigenvalue weighted by molar-refractivity contribution is 0.883. The van der Waals surface area contributed by atoms with Crippen molar-refractivity contribution in [3.63, 3.8) is 0 Å². The maximum Gasteiger partial charge on any atom is 0.128 e. The molecule has 0 aliphatic rings. The van der Waals surface area contributed by atoms with Crippen LogP contribution in [0.15, 0.2) is 16.7 Å². The van der Waals surface area contributed by atoms with Gasteiger partial charge in [0.2, 0.25) is 0 Å². The lowest BCUT2D eigenvalue weighted by atomic mass is 10.3. The molecule has 0 bridgehead atoms. The third-order valence-electron chi connectivity index (χ3n) is 1.98. The Balaban J connectivity index is 2.76. The van der Waals surface area contributed by atoms with E-state index in [-0.39, 0.29) is 0 Å². The van der Waals surface area contributed by atoms with E-state index in [2.05, 4.69) is 27.0 Å². The number of aromatic nitrogens is 1. The third-order valence-corrected chi connectivity index (χ3v) is 2.81. The van der Waals surface area contributed by atoms with Gasteiger partial charge in [0, 0.05) is 24.3 Å². The van der Waals surface area contributed by atoms with E-state index in [1.54, 1.807) is 6.20 Å². The molecule has 1 rings (SSSR count). The fourth-order valence-electron chi connectivity index (χ4n) is 1.07. The molecule has 1 aromatic heterocycles. The molecule has 0 atom stereocenters. The van der Waals surface area contributed by atoms with Crippen LogP contribution in [0.4, 0.5) is 5.82 Å². The number of rotatable bonds is 3. The van der Waals surface area contributed by atoms with E-state index in [1.807, 2.05) is 24.9 Å². The molecule has 1 aromatic rings. The zero-order valence-corrected chi connectivity index (χ0v) is 9.87. The van der Waals surface area contributed by atoms with Crippen LogP contribution in [0.3, 0.4) is 0 Å². The van der Waals surface area contributed by atoms with Crippen LogP contribution in [-0.2, 0) is 0 Å². The molecule has 0 radical (unpaired) electrons. The highest BCUT2D eigenvalue weighted by Crippen LogP contribution is 2.19. The molecule has 0 aliphatic carbocycles. The van der Waals surface area contributed by atoms with Gasteiger partial charge >= 0.3 is 0 Å². The Morgan fingerprint density at radius 1 is 1.64 bits per heavy atom. The molecule has 3 nitrogen and oxygen atoms in total.